The zero-order chi connectivity index (χ0) is 12.1. The molecule has 1 aromatic heterocycles. The molecule has 1 aliphatic heterocycles. The molecule has 0 bridgehead atoms. The Morgan fingerprint density at radius 1 is 1.53 bits per heavy atom. The summed E-state index contributed by atoms with van der Waals surface area (Å²) in [5, 5.41) is 1.23. The molecule has 2 heterocycles. The second-order valence-electron chi connectivity index (χ2n) is 4.61. The number of nitrogens with zero attached hydrogens (tertiary/aromatic N) is 2. The van der Waals surface area contributed by atoms with Gasteiger partial charge in [-0.15, -0.1) is 11.3 Å². The molecular formula is C12H21N3OS. The molecule has 2 rings (SSSR count). The Balaban J connectivity index is 1.76. The fraction of sp³-hybridized carbons (Fsp3) is 0.750. The summed E-state index contributed by atoms with van der Waals surface area (Å²) in [5.41, 5.74) is 5.78. The maximum atomic E-state index is 5.78. The van der Waals surface area contributed by atoms with Crippen molar-refractivity contribution in [1.82, 2.24) is 9.88 Å². The number of rotatable bonds is 5. The minimum atomic E-state index is 0.225. The highest BCUT2D eigenvalue weighted by Crippen LogP contribution is 2.15. The van der Waals surface area contributed by atoms with Gasteiger partial charge in [-0.1, -0.05) is 0 Å². The molecule has 0 aliphatic carbocycles. The lowest BCUT2D eigenvalue weighted by molar-refractivity contribution is 0.0384. The summed E-state index contributed by atoms with van der Waals surface area (Å²) < 4.78 is 5.33. The zero-order valence-electron chi connectivity index (χ0n) is 10.4. The quantitative estimate of drug-likeness (QED) is 0.849. The highest BCUT2D eigenvalue weighted by atomic mass is 32.1. The second kappa shape index (κ2) is 6.44. The number of morpholine rings is 1. The Bertz CT molecular complexity index is 334. The predicted molar refractivity (Wildman–Crippen MR) is 70.4 cm³/mol. The average Bonchev–Trinajstić information content (AvgIpc) is 2.75. The molecule has 1 aromatic rings. The lowest BCUT2D eigenvalue weighted by Crippen LogP contribution is -2.37. The van der Waals surface area contributed by atoms with Crippen LogP contribution < -0.4 is 5.73 Å². The van der Waals surface area contributed by atoms with E-state index < -0.39 is 0 Å². The molecule has 2 N–H and O–H groups in total. The highest BCUT2D eigenvalue weighted by Gasteiger charge is 2.11. The molecule has 1 fully saturated rings. The molecule has 1 atom stereocenters. The lowest BCUT2D eigenvalue weighted by Gasteiger charge is -2.25. The van der Waals surface area contributed by atoms with Gasteiger partial charge in [-0.05, 0) is 13.3 Å². The summed E-state index contributed by atoms with van der Waals surface area (Å²) in [6, 6.07) is 0.225. The summed E-state index contributed by atoms with van der Waals surface area (Å²) >= 11 is 1.80. The fourth-order valence-electron chi connectivity index (χ4n) is 1.95. The molecule has 96 valence electrons. The first kappa shape index (κ1) is 13.0. The molecule has 1 saturated heterocycles. The van der Waals surface area contributed by atoms with E-state index in [0.717, 1.165) is 45.7 Å². The van der Waals surface area contributed by atoms with Crippen molar-refractivity contribution in [3.63, 3.8) is 0 Å². The van der Waals surface area contributed by atoms with E-state index in [9.17, 15) is 0 Å². The van der Waals surface area contributed by atoms with E-state index >= 15 is 0 Å². The number of thiazole rings is 1. The third-order valence-electron chi connectivity index (χ3n) is 2.87. The molecule has 4 nitrogen and oxygen atoms in total. The standard InChI is InChI=1S/C12H21N3OS/c1-10(13)8-11-9-14-12(17-11)2-3-15-4-6-16-7-5-15/h9-10H,2-8,13H2,1H3. The van der Waals surface area contributed by atoms with Gasteiger partial charge in [0.05, 0.1) is 18.2 Å². The molecule has 1 aliphatic rings. The van der Waals surface area contributed by atoms with Crippen LogP contribution in [-0.2, 0) is 17.6 Å². The van der Waals surface area contributed by atoms with Gasteiger partial charge < -0.3 is 10.5 Å². The third kappa shape index (κ3) is 4.35. The van der Waals surface area contributed by atoms with Gasteiger partial charge in [0.15, 0.2) is 0 Å². The van der Waals surface area contributed by atoms with Crippen LogP contribution in [0.25, 0.3) is 0 Å². The van der Waals surface area contributed by atoms with Gasteiger partial charge in [-0.25, -0.2) is 4.98 Å². The Morgan fingerprint density at radius 2 is 2.29 bits per heavy atom. The number of hydrogen-bond acceptors (Lipinski definition) is 5. The summed E-state index contributed by atoms with van der Waals surface area (Å²) in [7, 11) is 0. The van der Waals surface area contributed by atoms with Crippen LogP contribution in [0.4, 0.5) is 0 Å². The fourth-order valence-corrected chi connectivity index (χ4v) is 3.01. The molecule has 0 saturated carbocycles. The summed E-state index contributed by atoms with van der Waals surface area (Å²) in [6.07, 6.45) is 3.96. The normalized spacial score (nSPS) is 19.4. The predicted octanol–water partition coefficient (Wildman–Crippen LogP) is 0.907. The Hall–Kier alpha value is -0.490. The molecular weight excluding hydrogens is 234 g/mol. The van der Waals surface area contributed by atoms with E-state index in [4.69, 9.17) is 10.5 Å². The van der Waals surface area contributed by atoms with Gasteiger partial charge in [0.1, 0.15) is 0 Å². The van der Waals surface area contributed by atoms with E-state index in [1.54, 1.807) is 11.3 Å². The van der Waals surface area contributed by atoms with Crippen LogP contribution in [0.3, 0.4) is 0 Å². The van der Waals surface area contributed by atoms with Crippen LogP contribution in [0.2, 0.25) is 0 Å². The smallest absolute Gasteiger partial charge is 0.0940 e. The SMILES string of the molecule is CC(N)Cc1cnc(CCN2CCOCC2)s1. The van der Waals surface area contributed by atoms with E-state index in [-0.39, 0.29) is 6.04 Å². The topological polar surface area (TPSA) is 51.4 Å². The van der Waals surface area contributed by atoms with Crippen LogP contribution in [0, 0.1) is 0 Å². The van der Waals surface area contributed by atoms with Crippen LogP contribution >= 0.6 is 11.3 Å². The maximum absolute atomic E-state index is 5.78. The van der Waals surface area contributed by atoms with Crippen molar-refractivity contribution in [2.24, 2.45) is 5.73 Å². The number of hydrogen-bond donors (Lipinski definition) is 1. The molecule has 0 spiro atoms. The molecule has 17 heavy (non-hydrogen) atoms. The average molecular weight is 255 g/mol. The van der Waals surface area contributed by atoms with E-state index in [1.165, 1.54) is 9.88 Å². The van der Waals surface area contributed by atoms with Crippen molar-refractivity contribution >= 4 is 11.3 Å². The lowest BCUT2D eigenvalue weighted by atomic mass is 10.2. The largest absolute Gasteiger partial charge is 0.379 e. The van der Waals surface area contributed by atoms with Crippen molar-refractivity contribution in [2.75, 3.05) is 32.8 Å². The van der Waals surface area contributed by atoms with Crippen molar-refractivity contribution in [3.05, 3.63) is 16.1 Å². The van der Waals surface area contributed by atoms with Crippen molar-refractivity contribution in [3.8, 4) is 0 Å². The van der Waals surface area contributed by atoms with Crippen LogP contribution in [0.5, 0.6) is 0 Å². The molecule has 0 radical (unpaired) electrons. The maximum Gasteiger partial charge on any atom is 0.0940 e. The van der Waals surface area contributed by atoms with Gasteiger partial charge in [-0.3, -0.25) is 4.90 Å². The van der Waals surface area contributed by atoms with E-state index in [2.05, 4.69) is 9.88 Å². The first-order chi connectivity index (χ1) is 8.24. The van der Waals surface area contributed by atoms with Crippen molar-refractivity contribution in [1.29, 1.82) is 0 Å². The van der Waals surface area contributed by atoms with Gasteiger partial charge >= 0.3 is 0 Å². The molecule has 0 amide bonds. The Morgan fingerprint density at radius 3 is 3.00 bits per heavy atom. The van der Waals surface area contributed by atoms with Crippen LogP contribution in [0.15, 0.2) is 6.20 Å². The van der Waals surface area contributed by atoms with Gasteiger partial charge in [-0.2, -0.15) is 0 Å². The van der Waals surface area contributed by atoms with Crippen LogP contribution in [0.1, 0.15) is 16.8 Å². The second-order valence-corrected chi connectivity index (χ2v) is 5.81. The highest BCUT2D eigenvalue weighted by molar-refractivity contribution is 7.11. The molecule has 5 heteroatoms. The Kier molecular flexibility index (Phi) is 4.91. The minimum absolute atomic E-state index is 0.225. The van der Waals surface area contributed by atoms with Gasteiger partial charge in [0.2, 0.25) is 0 Å². The van der Waals surface area contributed by atoms with E-state index in [0.29, 0.717) is 0 Å². The zero-order valence-corrected chi connectivity index (χ0v) is 11.2. The summed E-state index contributed by atoms with van der Waals surface area (Å²) in [5.74, 6) is 0. The van der Waals surface area contributed by atoms with Gasteiger partial charge in [0.25, 0.3) is 0 Å². The first-order valence-corrected chi connectivity index (χ1v) is 7.05. The third-order valence-corrected chi connectivity index (χ3v) is 3.95. The van der Waals surface area contributed by atoms with Crippen molar-refractivity contribution in [2.45, 2.75) is 25.8 Å². The first-order valence-electron chi connectivity index (χ1n) is 6.23. The summed E-state index contributed by atoms with van der Waals surface area (Å²) in [4.78, 5) is 8.20. The van der Waals surface area contributed by atoms with Gasteiger partial charge in [0, 0.05) is 43.2 Å². The van der Waals surface area contributed by atoms with Crippen LogP contribution in [-0.4, -0.2) is 48.8 Å². The molecule has 1 unspecified atom stereocenters. The molecule has 0 aromatic carbocycles. The number of ether oxygens (including phenoxy) is 1. The Labute approximate surface area is 107 Å². The summed E-state index contributed by atoms with van der Waals surface area (Å²) in [6.45, 7) is 6.97. The number of nitrogens with two attached hydrogens (primary N) is 1. The number of aromatic nitrogens is 1. The monoisotopic (exact) mass is 255 g/mol. The van der Waals surface area contributed by atoms with E-state index in [1.807, 2.05) is 13.1 Å². The van der Waals surface area contributed by atoms with Crippen molar-refractivity contribution < 1.29 is 4.74 Å². The minimum Gasteiger partial charge on any atom is -0.379 e.